The van der Waals surface area contributed by atoms with Crippen LogP contribution in [0.15, 0.2) is 0 Å². The van der Waals surface area contributed by atoms with E-state index in [-0.39, 0.29) is 5.54 Å². The van der Waals surface area contributed by atoms with Gasteiger partial charge in [0.2, 0.25) is 5.91 Å². The van der Waals surface area contributed by atoms with E-state index in [1.165, 1.54) is 12.8 Å². The van der Waals surface area contributed by atoms with Gasteiger partial charge in [-0.3, -0.25) is 4.79 Å². The predicted octanol–water partition coefficient (Wildman–Crippen LogP) is 2.93. The van der Waals surface area contributed by atoms with Crippen molar-refractivity contribution in [1.82, 2.24) is 4.90 Å². The summed E-state index contributed by atoms with van der Waals surface area (Å²) in [6, 6.07) is 0.460. The maximum absolute atomic E-state index is 12.5. The van der Waals surface area contributed by atoms with E-state index in [0.717, 1.165) is 19.4 Å². The van der Waals surface area contributed by atoms with E-state index in [0.29, 0.717) is 29.2 Å². The standard InChI is InChI=1S/C16H30N2O/c1-14(2)8-12-9-16(5,10-14)11-18(12)13(19)6-7-15(3,4)17/h12H,6-11,17H2,1-5H3. The molecule has 0 aromatic carbocycles. The van der Waals surface area contributed by atoms with Crippen LogP contribution >= 0.6 is 0 Å². The first-order valence-electron chi connectivity index (χ1n) is 7.58. The zero-order valence-corrected chi connectivity index (χ0v) is 13.3. The van der Waals surface area contributed by atoms with Crippen LogP contribution in [-0.4, -0.2) is 28.9 Å². The third-order valence-corrected chi connectivity index (χ3v) is 4.72. The highest BCUT2D eigenvalue weighted by Crippen LogP contribution is 2.52. The summed E-state index contributed by atoms with van der Waals surface area (Å²) in [5.74, 6) is 0.310. The number of carbonyl (C=O) groups excluding carboxylic acids is 1. The number of fused-ring (bicyclic) bond motifs is 2. The molecule has 0 radical (unpaired) electrons. The molecule has 0 aromatic heterocycles. The summed E-state index contributed by atoms with van der Waals surface area (Å²) in [6.45, 7) is 12.0. The van der Waals surface area contributed by atoms with Crippen LogP contribution < -0.4 is 5.73 Å². The predicted molar refractivity (Wildman–Crippen MR) is 78.7 cm³/mol. The number of amides is 1. The van der Waals surface area contributed by atoms with Gasteiger partial charge in [-0.1, -0.05) is 20.8 Å². The van der Waals surface area contributed by atoms with Gasteiger partial charge in [-0.25, -0.2) is 0 Å². The van der Waals surface area contributed by atoms with Gasteiger partial charge in [-0.15, -0.1) is 0 Å². The Kier molecular flexibility index (Phi) is 3.49. The molecule has 0 aromatic rings. The Labute approximate surface area is 117 Å². The van der Waals surface area contributed by atoms with Crippen LogP contribution in [0.5, 0.6) is 0 Å². The molecule has 110 valence electrons. The van der Waals surface area contributed by atoms with Crippen molar-refractivity contribution in [1.29, 1.82) is 0 Å². The molecular formula is C16H30N2O. The van der Waals surface area contributed by atoms with E-state index in [9.17, 15) is 4.79 Å². The van der Waals surface area contributed by atoms with Crippen LogP contribution in [0.1, 0.15) is 66.7 Å². The van der Waals surface area contributed by atoms with Gasteiger partial charge >= 0.3 is 0 Å². The molecule has 2 N–H and O–H groups in total. The molecule has 2 bridgehead atoms. The summed E-state index contributed by atoms with van der Waals surface area (Å²) in [5.41, 5.74) is 6.45. The van der Waals surface area contributed by atoms with Crippen molar-refractivity contribution in [2.45, 2.75) is 78.3 Å². The number of hydrogen-bond donors (Lipinski definition) is 1. The van der Waals surface area contributed by atoms with Crippen molar-refractivity contribution in [3.05, 3.63) is 0 Å². The van der Waals surface area contributed by atoms with E-state index in [4.69, 9.17) is 5.73 Å². The molecule has 19 heavy (non-hydrogen) atoms. The van der Waals surface area contributed by atoms with Gasteiger partial charge in [0.05, 0.1) is 0 Å². The highest BCUT2D eigenvalue weighted by molar-refractivity contribution is 5.77. The second kappa shape index (κ2) is 4.47. The van der Waals surface area contributed by atoms with Crippen LogP contribution in [0, 0.1) is 10.8 Å². The lowest BCUT2D eigenvalue weighted by molar-refractivity contribution is -0.132. The fourth-order valence-electron chi connectivity index (χ4n) is 4.32. The minimum Gasteiger partial charge on any atom is -0.339 e. The highest BCUT2D eigenvalue weighted by atomic mass is 16.2. The zero-order chi connectivity index (χ0) is 14.5. The zero-order valence-electron chi connectivity index (χ0n) is 13.3. The summed E-state index contributed by atoms with van der Waals surface area (Å²) in [7, 11) is 0. The summed E-state index contributed by atoms with van der Waals surface area (Å²) < 4.78 is 0. The summed E-state index contributed by atoms with van der Waals surface area (Å²) in [6.07, 6.45) is 4.95. The van der Waals surface area contributed by atoms with E-state index in [1.807, 2.05) is 13.8 Å². The number of rotatable bonds is 3. The van der Waals surface area contributed by atoms with Gasteiger partial charge in [0.1, 0.15) is 0 Å². The minimum atomic E-state index is -0.242. The topological polar surface area (TPSA) is 46.3 Å². The second-order valence-corrected chi connectivity index (χ2v) is 8.72. The maximum atomic E-state index is 12.5. The molecular weight excluding hydrogens is 236 g/mol. The molecule has 2 unspecified atom stereocenters. The summed E-state index contributed by atoms with van der Waals surface area (Å²) in [5, 5.41) is 0. The third-order valence-electron chi connectivity index (χ3n) is 4.72. The monoisotopic (exact) mass is 266 g/mol. The van der Waals surface area contributed by atoms with E-state index in [1.54, 1.807) is 0 Å². The number of hydrogen-bond acceptors (Lipinski definition) is 2. The third kappa shape index (κ3) is 3.50. The minimum absolute atomic E-state index is 0.242. The number of carbonyl (C=O) groups is 1. The Morgan fingerprint density at radius 2 is 1.95 bits per heavy atom. The average Bonchev–Trinajstić information content (AvgIpc) is 2.43. The fourth-order valence-corrected chi connectivity index (χ4v) is 4.32. The number of likely N-dealkylation sites (tertiary alicyclic amines) is 1. The van der Waals surface area contributed by atoms with Crippen molar-refractivity contribution in [3.63, 3.8) is 0 Å². The van der Waals surface area contributed by atoms with Crippen LogP contribution in [0.25, 0.3) is 0 Å². The Balaban J connectivity index is 2.01. The molecule has 3 heteroatoms. The normalized spacial score (nSPS) is 33.6. The molecule has 1 amide bonds. The van der Waals surface area contributed by atoms with Crippen molar-refractivity contribution in [2.75, 3.05) is 6.54 Å². The van der Waals surface area contributed by atoms with Crippen molar-refractivity contribution in [3.8, 4) is 0 Å². The second-order valence-electron chi connectivity index (χ2n) is 8.72. The van der Waals surface area contributed by atoms with Crippen LogP contribution in [0.4, 0.5) is 0 Å². The van der Waals surface area contributed by atoms with Crippen LogP contribution in [0.3, 0.4) is 0 Å². The van der Waals surface area contributed by atoms with E-state index < -0.39 is 0 Å². The Morgan fingerprint density at radius 1 is 1.32 bits per heavy atom. The van der Waals surface area contributed by atoms with Gasteiger partial charge in [0.25, 0.3) is 0 Å². The van der Waals surface area contributed by atoms with Gasteiger partial charge in [0.15, 0.2) is 0 Å². The molecule has 1 aliphatic heterocycles. The molecule has 1 heterocycles. The first-order chi connectivity index (χ1) is 8.50. The number of nitrogens with two attached hydrogens (primary N) is 1. The van der Waals surface area contributed by atoms with Crippen LogP contribution in [-0.2, 0) is 4.79 Å². The first-order valence-corrected chi connectivity index (χ1v) is 7.58. The molecule has 3 nitrogen and oxygen atoms in total. The van der Waals surface area contributed by atoms with Crippen LogP contribution in [0.2, 0.25) is 0 Å². The SMILES string of the molecule is CC(C)(N)CCC(=O)N1CC2(C)CC1CC(C)(C)C2. The molecule has 1 saturated carbocycles. The lowest BCUT2D eigenvalue weighted by Crippen LogP contribution is -2.39. The van der Waals surface area contributed by atoms with E-state index >= 15 is 0 Å². The van der Waals surface area contributed by atoms with Crippen molar-refractivity contribution < 1.29 is 4.79 Å². The fraction of sp³-hybridized carbons (Fsp3) is 0.938. The van der Waals surface area contributed by atoms with Crippen molar-refractivity contribution >= 4 is 5.91 Å². The van der Waals surface area contributed by atoms with Gasteiger partial charge in [-0.05, 0) is 50.4 Å². The van der Waals surface area contributed by atoms with Crippen molar-refractivity contribution in [2.24, 2.45) is 16.6 Å². The summed E-state index contributed by atoms with van der Waals surface area (Å²) >= 11 is 0. The van der Waals surface area contributed by atoms with E-state index in [2.05, 4.69) is 25.7 Å². The Hall–Kier alpha value is -0.570. The molecule has 1 aliphatic carbocycles. The molecule has 2 fully saturated rings. The Bertz CT molecular complexity index is 369. The maximum Gasteiger partial charge on any atom is 0.222 e. The molecule has 0 spiro atoms. The van der Waals surface area contributed by atoms with Gasteiger partial charge < -0.3 is 10.6 Å². The van der Waals surface area contributed by atoms with Gasteiger partial charge in [-0.2, -0.15) is 0 Å². The molecule has 2 rings (SSSR count). The smallest absolute Gasteiger partial charge is 0.222 e. The molecule has 1 saturated heterocycles. The highest BCUT2D eigenvalue weighted by Gasteiger charge is 2.50. The lowest BCUT2D eigenvalue weighted by Gasteiger charge is -2.39. The average molecular weight is 266 g/mol. The summed E-state index contributed by atoms with van der Waals surface area (Å²) in [4.78, 5) is 14.6. The Morgan fingerprint density at radius 3 is 2.53 bits per heavy atom. The molecule has 2 atom stereocenters. The number of nitrogens with zero attached hydrogens (tertiary/aromatic N) is 1. The lowest BCUT2D eigenvalue weighted by atomic mass is 9.65. The quantitative estimate of drug-likeness (QED) is 0.853. The first kappa shape index (κ1) is 14.8. The largest absolute Gasteiger partial charge is 0.339 e. The molecule has 2 aliphatic rings. The van der Waals surface area contributed by atoms with Gasteiger partial charge in [0, 0.05) is 24.5 Å².